The van der Waals surface area contributed by atoms with Gasteiger partial charge in [0.2, 0.25) is 0 Å². The van der Waals surface area contributed by atoms with Crippen molar-refractivity contribution in [2.75, 3.05) is 0 Å². The van der Waals surface area contributed by atoms with Gasteiger partial charge in [-0.05, 0) is 68.4 Å². The summed E-state index contributed by atoms with van der Waals surface area (Å²) in [4.78, 5) is 2.13. The minimum atomic E-state index is 0.595. The highest BCUT2D eigenvalue weighted by Gasteiger charge is 2.15. The van der Waals surface area contributed by atoms with E-state index >= 15 is 0 Å². The maximum absolute atomic E-state index is 3.96. The van der Waals surface area contributed by atoms with Gasteiger partial charge in [-0.3, -0.25) is 0 Å². The second-order valence-electron chi connectivity index (χ2n) is 7.74. The van der Waals surface area contributed by atoms with E-state index in [0.717, 1.165) is 6.42 Å². The van der Waals surface area contributed by atoms with E-state index in [-0.39, 0.29) is 0 Å². The van der Waals surface area contributed by atoms with E-state index in [4.69, 9.17) is 0 Å². The molecule has 0 saturated carbocycles. The van der Waals surface area contributed by atoms with Crippen molar-refractivity contribution in [3.05, 3.63) is 114 Å². The van der Waals surface area contributed by atoms with Crippen LogP contribution >= 0.6 is 0 Å². The largest absolute Gasteiger partial charge is 0.324 e. The lowest BCUT2D eigenvalue weighted by Gasteiger charge is -2.27. The Morgan fingerprint density at radius 1 is 1.19 bits per heavy atom. The molecular weight excluding hydrogens is 374 g/mol. The number of hydrogen-bond acceptors (Lipinski definition) is 1. The van der Waals surface area contributed by atoms with Gasteiger partial charge in [0.05, 0.1) is 0 Å². The third-order valence-electron chi connectivity index (χ3n) is 5.30. The van der Waals surface area contributed by atoms with Gasteiger partial charge in [-0.25, -0.2) is 0 Å². The van der Waals surface area contributed by atoms with E-state index in [0.29, 0.717) is 5.92 Å². The zero-order chi connectivity index (χ0) is 23.6. The Hall–Kier alpha value is -2.76. The molecule has 0 saturated heterocycles. The van der Waals surface area contributed by atoms with Crippen molar-refractivity contribution in [1.82, 2.24) is 4.90 Å². The fourth-order valence-corrected chi connectivity index (χ4v) is 2.92. The van der Waals surface area contributed by atoms with Gasteiger partial charge < -0.3 is 4.90 Å². The molecule has 0 N–H and O–H groups in total. The lowest BCUT2D eigenvalue weighted by molar-refractivity contribution is 0.541. The molecule has 1 heterocycles. The second kappa shape index (κ2) is 17.0. The highest BCUT2D eigenvalue weighted by Crippen LogP contribution is 2.28. The molecular formula is C30H43N. The van der Waals surface area contributed by atoms with Gasteiger partial charge in [-0.15, -0.1) is 5.73 Å². The minimum Gasteiger partial charge on any atom is -0.324 e. The molecule has 1 heteroatoms. The van der Waals surface area contributed by atoms with Crippen LogP contribution in [0, 0.1) is 5.92 Å². The number of hydrogen-bond donors (Lipinski definition) is 0. The number of allylic oxidation sites excluding steroid dienone is 12. The first-order valence-electron chi connectivity index (χ1n) is 11.4. The van der Waals surface area contributed by atoms with Crippen LogP contribution in [0.25, 0.3) is 0 Å². The molecule has 0 aliphatic carbocycles. The van der Waals surface area contributed by atoms with Gasteiger partial charge in [0.1, 0.15) is 0 Å². The Balaban J connectivity index is 0.000000842. The molecule has 1 rings (SSSR count). The van der Waals surface area contributed by atoms with E-state index in [2.05, 4.69) is 83.3 Å². The molecule has 31 heavy (non-hydrogen) atoms. The average Bonchev–Trinajstić information content (AvgIpc) is 2.80. The smallest absolute Gasteiger partial charge is 0.0441 e. The van der Waals surface area contributed by atoms with Gasteiger partial charge in [-0.1, -0.05) is 95.4 Å². The molecule has 0 radical (unpaired) electrons. The van der Waals surface area contributed by atoms with Crippen LogP contribution in [0.2, 0.25) is 0 Å². The van der Waals surface area contributed by atoms with E-state index in [1.807, 2.05) is 49.6 Å². The zero-order valence-electron chi connectivity index (χ0n) is 20.7. The maximum Gasteiger partial charge on any atom is 0.0441 e. The van der Waals surface area contributed by atoms with Crippen molar-refractivity contribution >= 4 is 0 Å². The van der Waals surface area contributed by atoms with E-state index in [9.17, 15) is 0 Å². The number of unbranched alkanes of at least 4 members (excludes halogenated alkanes) is 1. The van der Waals surface area contributed by atoms with Crippen molar-refractivity contribution < 1.29 is 0 Å². The summed E-state index contributed by atoms with van der Waals surface area (Å²) in [6, 6.07) is 0. The predicted molar refractivity (Wildman–Crippen MR) is 141 cm³/mol. The van der Waals surface area contributed by atoms with Crippen molar-refractivity contribution in [3.8, 4) is 0 Å². The third kappa shape index (κ3) is 11.3. The highest BCUT2D eigenvalue weighted by atomic mass is 15.1. The van der Waals surface area contributed by atoms with E-state index in [1.165, 1.54) is 47.3 Å². The quantitative estimate of drug-likeness (QED) is 0.253. The molecule has 0 aromatic rings. The van der Waals surface area contributed by atoms with E-state index < -0.39 is 0 Å². The van der Waals surface area contributed by atoms with Crippen LogP contribution in [0.15, 0.2) is 114 Å². The Kier molecular flexibility index (Phi) is 15.5. The average molecular weight is 418 g/mol. The summed E-state index contributed by atoms with van der Waals surface area (Å²) in [5, 5.41) is 0. The molecule has 1 unspecified atom stereocenters. The summed E-state index contributed by atoms with van der Waals surface area (Å²) < 4.78 is 0. The minimum absolute atomic E-state index is 0.595. The molecule has 0 amide bonds. The fourth-order valence-electron chi connectivity index (χ4n) is 2.92. The van der Waals surface area contributed by atoms with Crippen LogP contribution in [-0.4, -0.2) is 4.90 Å². The first-order valence-corrected chi connectivity index (χ1v) is 11.4. The number of nitrogens with zero attached hydrogens (tertiary/aromatic N) is 1. The normalized spacial score (nSPS) is 16.4. The fraction of sp³-hybridized carbons (Fsp3) is 0.367. The standard InChI is InChI=1S/C21H29N.C9H14/c1-7-10-12-17(4)19(6)21-15-14-20(16-22(21)9-3)18(5)13-11-8-2;1-4-6-7-8-9(3)5-2/h9,11,13-17H,2-3,7,10,12H2,1,4-6H3;4,6-8H,3,5H2,1-2H3/b18-13+,21-19+;6-4-,8-7-. The SMILES string of the molecule is C=C(/C=C\C=C/C)CC.C=C=C/C=C(\C)C1=CN(C=C)/C(=C(\C)C(C)CCCC)C=C1. The van der Waals surface area contributed by atoms with Gasteiger partial charge in [0.15, 0.2) is 0 Å². The Morgan fingerprint density at radius 2 is 1.90 bits per heavy atom. The van der Waals surface area contributed by atoms with Crippen molar-refractivity contribution in [3.63, 3.8) is 0 Å². The molecule has 1 atom stereocenters. The van der Waals surface area contributed by atoms with Gasteiger partial charge in [0.25, 0.3) is 0 Å². The van der Waals surface area contributed by atoms with Gasteiger partial charge >= 0.3 is 0 Å². The van der Waals surface area contributed by atoms with Crippen molar-refractivity contribution in [1.29, 1.82) is 0 Å². The summed E-state index contributed by atoms with van der Waals surface area (Å²) in [5.74, 6) is 0.595. The summed E-state index contributed by atoms with van der Waals surface area (Å²) in [5.41, 5.74) is 9.00. The molecule has 1 aliphatic rings. The van der Waals surface area contributed by atoms with Crippen molar-refractivity contribution in [2.24, 2.45) is 5.92 Å². The summed E-state index contributed by atoms with van der Waals surface area (Å²) in [7, 11) is 0. The van der Waals surface area contributed by atoms with Crippen LogP contribution in [0.4, 0.5) is 0 Å². The number of rotatable bonds is 10. The Morgan fingerprint density at radius 3 is 2.45 bits per heavy atom. The Bertz CT molecular complexity index is 801. The first-order chi connectivity index (χ1) is 14.9. The third-order valence-corrected chi connectivity index (χ3v) is 5.30. The molecule has 1 aliphatic heterocycles. The van der Waals surface area contributed by atoms with Crippen LogP contribution in [-0.2, 0) is 0 Å². The molecule has 0 aromatic heterocycles. The Labute approximate surface area is 192 Å². The maximum atomic E-state index is 3.96. The summed E-state index contributed by atoms with van der Waals surface area (Å²) in [6.07, 6.45) is 25.1. The molecule has 0 spiro atoms. The topological polar surface area (TPSA) is 3.24 Å². The molecule has 0 bridgehead atoms. The van der Waals surface area contributed by atoms with Crippen LogP contribution in [0.1, 0.15) is 67.2 Å². The molecule has 168 valence electrons. The van der Waals surface area contributed by atoms with Gasteiger partial charge in [-0.2, -0.15) is 0 Å². The monoisotopic (exact) mass is 417 g/mol. The summed E-state index contributed by atoms with van der Waals surface area (Å²) >= 11 is 0. The lowest BCUT2D eigenvalue weighted by atomic mass is 9.93. The second-order valence-corrected chi connectivity index (χ2v) is 7.74. The van der Waals surface area contributed by atoms with Crippen LogP contribution in [0.3, 0.4) is 0 Å². The van der Waals surface area contributed by atoms with Crippen molar-refractivity contribution in [2.45, 2.75) is 67.2 Å². The summed E-state index contributed by atoms with van der Waals surface area (Å²) in [6.45, 7) is 24.4. The molecule has 1 nitrogen and oxygen atoms in total. The first kappa shape index (κ1) is 28.2. The predicted octanol–water partition coefficient (Wildman–Crippen LogP) is 9.36. The highest BCUT2D eigenvalue weighted by molar-refractivity contribution is 5.47. The zero-order valence-corrected chi connectivity index (χ0v) is 20.7. The lowest BCUT2D eigenvalue weighted by Crippen LogP contribution is -2.15. The van der Waals surface area contributed by atoms with Crippen LogP contribution < -0.4 is 0 Å². The van der Waals surface area contributed by atoms with E-state index in [1.54, 1.807) is 0 Å². The molecule has 0 fully saturated rings. The van der Waals surface area contributed by atoms with Crippen LogP contribution in [0.5, 0.6) is 0 Å². The molecule has 0 aromatic carbocycles. The van der Waals surface area contributed by atoms with Gasteiger partial charge in [0, 0.05) is 18.1 Å².